The fourth-order valence-electron chi connectivity index (χ4n) is 11.0. The molecule has 12 rings (SSSR count). The molecule has 0 spiro atoms. The van der Waals surface area contributed by atoms with E-state index in [2.05, 4.69) is 102 Å². The standard InChI is InChI=1S/C70H33N11/c1-41-17-70(81-67-15-11-49(54-21-45(39-74)25-58(29-54)78-4)33-63(67)64-34-50(12-16-68(64)81)55-22-46(40-75)26-59(30-55)79-5)60(51-8-6-7-42(18-51)36-71)35-69(41)80-65-13-9-47(52-19-43(37-72)23-56(27-52)76-2)31-61(65)62-32-48(10-14-66(62)80)53-20-44(38-73)24-57(28-53)77-3/h6-35H,1H3. The number of hydrogen-bond donors (Lipinski definition) is 0. The lowest BCUT2D eigenvalue weighted by molar-refractivity contribution is 1.12. The number of aryl methyl sites for hydroxylation is 1. The number of aromatic nitrogens is 2. The van der Waals surface area contributed by atoms with Crippen LogP contribution in [0.15, 0.2) is 182 Å². The number of nitriles is 5. The van der Waals surface area contributed by atoms with Gasteiger partial charge in [-0.2, -0.15) is 26.3 Å². The molecule has 0 amide bonds. The maximum Gasteiger partial charge on any atom is 0.189 e. The number of benzene rings is 10. The molecule has 11 heteroatoms. The Hall–Kier alpha value is -12.8. The molecule has 0 atom stereocenters. The second kappa shape index (κ2) is 19.7. The van der Waals surface area contributed by atoms with E-state index in [0.29, 0.717) is 72.8 Å². The molecule has 11 nitrogen and oxygen atoms in total. The number of fused-ring (bicyclic) bond motifs is 6. The van der Waals surface area contributed by atoms with Gasteiger partial charge >= 0.3 is 0 Å². The molecular formula is C70H33N11. The first kappa shape index (κ1) is 49.1. The molecule has 0 radical (unpaired) electrons. The second-order valence-electron chi connectivity index (χ2n) is 19.4. The van der Waals surface area contributed by atoms with Gasteiger partial charge in [0.15, 0.2) is 22.7 Å². The van der Waals surface area contributed by atoms with Crippen LogP contribution in [-0.4, -0.2) is 9.13 Å². The molecule has 2 aromatic heterocycles. The molecule has 10 aromatic carbocycles. The van der Waals surface area contributed by atoms with Crippen LogP contribution in [0.2, 0.25) is 0 Å². The third-order valence-electron chi connectivity index (χ3n) is 14.7. The molecule has 0 aliphatic rings. The molecule has 0 aliphatic carbocycles. The second-order valence-corrected chi connectivity index (χ2v) is 19.4. The Labute approximate surface area is 464 Å². The molecule has 0 fully saturated rings. The van der Waals surface area contributed by atoms with Crippen molar-refractivity contribution in [2.45, 2.75) is 6.92 Å². The maximum absolute atomic E-state index is 10.3. The summed E-state index contributed by atoms with van der Waals surface area (Å²) in [4.78, 5) is 14.6. The summed E-state index contributed by atoms with van der Waals surface area (Å²) < 4.78 is 4.42. The molecule has 368 valence electrons. The molecule has 0 unspecified atom stereocenters. The van der Waals surface area contributed by atoms with Gasteiger partial charge in [0.2, 0.25) is 0 Å². The first-order valence-corrected chi connectivity index (χ1v) is 25.1. The molecular weight excluding hydrogens is 995 g/mol. The monoisotopic (exact) mass is 1030 g/mol. The van der Waals surface area contributed by atoms with Gasteiger partial charge in [-0.25, -0.2) is 19.4 Å². The predicted octanol–water partition coefficient (Wildman–Crippen LogP) is 18.1. The van der Waals surface area contributed by atoms with Gasteiger partial charge in [-0.3, -0.25) is 0 Å². The molecule has 0 N–H and O–H groups in total. The normalized spacial score (nSPS) is 10.7. The SMILES string of the molecule is [C-]#[N+]c1cc(C#N)cc(-c2ccc3c(c2)c2cc(-c4cc(C#N)cc([N+]#[C-])c4)ccc2n3-c2cc(-c3cccc(C#N)c3)c(-n3c4ccc(-c5cc(C#N)cc([N+]#[C-])c5)cc4c4cc(-c5cc(C#N)cc([N+]#[C-])c5)ccc43)cc2C)c1. The van der Waals surface area contributed by atoms with Gasteiger partial charge < -0.3 is 9.13 Å². The van der Waals surface area contributed by atoms with E-state index in [1.807, 2.05) is 66.7 Å². The van der Waals surface area contributed by atoms with Crippen LogP contribution in [-0.2, 0) is 0 Å². The van der Waals surface area contributed by atoms with Crippen LogP contribution in [0.4, 0.5) is 22.7 Å². The van der Waals surface area contributed by atoms with Crippen LogP contribution in [0.5, 0.6) is 0 Å². The third-order valence-corrected chi connectivity index (χ3v) is 14.7. The predicted molar refractivity (Wildman–Crippen MR) is 316 cm³/mol. The van der Waals surface area contributed by atoms with Crippen LogP contribution in [0.25, 0.3) is 130 Å². The van der Waals surface area contributed by atoms with Gasteiger partial charge in [0.05, 0.1) is 90.0 Å². The van der Waals surface area contributed by atoms with Gasteiger partial charge in [0.25, 0.3) is 0 Å². The molecule has 0 saturated carbocycles. The highest BCUT2D eigenvalue weighted by Crippen LogP contribution is 2.45. The highest BCUT2D eigenvalue weighted by Gasteiger charge is 2.23. The van der Waals surface area contributed by atoms with Crippen molar-refractivity contribution in [3.63, 3.8) is 0 Å². The summed E-state index contributed by atoms with van der Waals surface area (Å²) in [5.74, 6) is 0. The van der Waals surface area contributed by atoms with Crippen molar-refractivity contribution < 1.29 is 0 Å². The lowest BCUT2D eigenvalue weighted by Gasteiger charge is -2.20. The van der Waals surface area contributed by atoms with Crippen LogP contribution in [0.1, 0.15) is 33.4 Å². The van der Waals surface area contributed by atoms with Gasteiger partial charge in [-0.1, -0.05) is 36.4 Å². The minimum Gasteiger partial charge on any atom is -0.309 e. The first-order chi connectivity index (χ1) is 39.5. The quantitative estimate of drug-likeness (QED) is 0.146. The summed E-state index contributed by atoms with van der Waals surface area (Å²) in [5, 5.41) is 53.7. The summed E-state index contributed by atoms with van der Waals surface area (Å²) in [6, 6.07) is 67.8. The van der Waals surface area contributed by atoms with Crippen molar-refractivity contribution in [1.29, 1.82) is 26.3 Å². The Morgan fingerprint density at radius 3 is 0.951 bits per heavy atom. The summed E-state index contributed by atoms with van der Waals surface area (Å²) in [6.45, 7) is 33.3. The van der Waals surface area contributed by atoms with E-state index in [9.17, 15) is 26.3 Å². The smallest absolute Gasteiger partial charge is 0.189 e. The zero-order valence-electron chi connectivity index (χ0n) is 42.7. The van der Waals surface area contributed by atoms with Crippen molar-refractivity contribution in [3.05, 3.63) is 261 Å². The van der Waals surface area contributed by atoms with E-state index in [1.165, 1.54) is 0 Å². The van der Waals surface area contributed by atoms with Crippen molar-refractivity contribution in [1.82, 2.24) is 9.13 Å². The molecule has 2 heterocycles. The van der Waals surface area contributed by atoms with Gasteiger partial charge in [0.1, 0.15) is 0 Å². The topological polar surface area (TPSA) is 146 Å². The Bertz CT molecular complexity index is 4800. The average Bonchev–Trinajstić information content (AvgIpc) is 4.12. The molecule has 0 saturated heterocycles. The largest absolute Gasteiger partial charge is 0.309 e. The Kier molecular flexibility index (Phi) is 12.0. The van der Waals surface area contributed by atoms with Gasteiger partial charge in [-0.15, -0.1) is 0 Å². The molecule has 0 aliphatic heterocycles. The lowest BCUT2D eigenvalue weighted by atomic mass is 9.97. The summed E-state index contributed by atoms with van der Waals surface area (Å²) in [6.07, 6.45) is 0. The fraction of sp³-hybridized carbons (Fsp3) is 0.0143. The van der Waals surface area contributed by atoms with Crippen molar-refractivity contribution in [2.24, 2.45) is 0 Å². The van der Waals surface area contributed by atoms with E-state index < -0.39 is 0 Å². The summed E-state index contributed by atoms with van der Waals surface area (Å²) in [7, 11) is 0. The van der Waals surface area contributed by atoms with Crippen LogP contribution < -0.4 is 0 Å². The summed E-state index contributed by atoms with van der Waals surface area (Å²) in [5.41, 5.74) is 16.8. The highest BCUT2D eigenvalue weighted by atomic mass is 15.0. The van der Waals surface area contributed by atoms with Crippen LogP contribution in [0.3, 0.4) is 0 Å². The third kappa shape index (κ3) is 8.51. The number of hydrogen-bond acceptors (Lipinski definition) is 5. The Balaban J connectivity index is 1.15. The zero-order chi connectivity index (χ0) is 56.1. The first-order valence-electron chi connectivity index (χ1n) is 25.1. The fourth-order valence-corrected chi connectivity index (χ4v) is 11.0. The van der Waals surface area contributed by atoms with E-state index >= 15 is 0 Å². The van der Waals surface area contributed by atoms with Crippen molar-refractivity contribution in [3.8, 4) is 97.4 Å². The number of rotatable bonds is 7. The average molecular weight is 1030 g/mol. The van der Waals surface area contributed by atoms with Crippen LogP contribution in [0, 0.1) is 89.9 Å². The highest BCUT2D eigenvalue weighted by molar-refractivity contribution is 6.14. The van der Waals surface area contributed by atoms with E-state index in [0.717, 1.165) is 93.9 Å². The van der Waals surface area contributed by atoms with Gasteiger partial charge in [0, 0.05) is 55.0 Å². The minimum atomic E-state index is 0.340. The minimum absolute atomic E-state index is 0.340. The van der Waals surface area contributed by atoms with E-state index in [1.54, 1.807) is 78.9 Å². The Morgan fingerprint density at radius 2 is 0.630 bits per heavy atom. The van der Waals surface area contributed by atoms with Crippen LogP contribution >= 0.6 is 0 Å². The van der Waals surface area contributed by atoms with Crippen molar-refractivity contribution in [2.75, 3.05) is 0 Å². The lowest BCUT2D eigenvalue weighted by Crippen LogP contribution is -2.03. The maximum atomic E-state index is 10.3. The van der Waals surface area contributed by atoms with E-state index in [-0.39, 0.29) is 0 Å². The Morgan fingerprint density at radius 1 is 0.309 bits per heavy atom. The zero-order valence-corrected chi connectivity index (χ0v) is 42.7. The molecule has 0 bridgehead atoms. The number of nitrogens with zero attached hydrogens (tertiary/aromatic N) is 11. The van der Waals surface area contributed by atoms with Crippen molar-refractivity contribution >= 4 is 66.4 Å². The molecule has 81 heavy (non-hydrogen) atoms. The molecule has 12 aromatic rings. The summed E-state index contributed by atoms with van der Waals surface area (Å²) >= 11 is 0. The van der Waals surface area contributed by atoms with E-state index in [4.69, 9.17) is 26.3 Å². The van der Waals surface area contributed by atoms with Gasteiger partial charge in [-0.05, 0) is 208 Å².